The minimum atomic E-state index is 0.0303. The summed E-state index contributed by atoms with van der Waals surface area (Å²) in [6, 6.07) is 4.07. The first-order chi connectivity index (χ1) is 10.1. The van der Waals surface area contributed by atoms with E-state index in [-0.39, 0.29) is 5.91 Å². The van der Waals surface area contributed by atoms with Crippen molar-refractivity contribution < 1.29 is 4.79 Å². The monoisotopic (exact) mass is 289 g/mol. The summed E-state index contributed by atoms with van der Waals surface area (Å²) in [5.41, 5.74) is 1.66. The molecular weight excluding hydrogens is 262 g/mol. The SMILES string of the molecule is CNc1cc(C(=O)NC2CCCCCC2)cc(C(C)C)n1. The second-order valence-corrected chi connectivity index (χ2v) is 6.23. The normalized spacial score (nSPS) is 16.6. The Morgan fingerprint density at radius 2 is 1.86 bits per heavy atom. The number of aromatic nitrogens is 1. The maximum atomic E-state index is 12.5. The number of anilines is 1. The summed E-state index contributed by atoms with van der Waals surface area (Å²) in [6.07, 6.45) is 7.24. The molecule has 1 aromatic rings. The average Bonchev–Trinajstić information content (AvgIpc) is 2.75. The molecule has 0 saturated heterocycles. The third-order valence-electron chi connectivity index (χ3n) is 4.15. The van der Waals surface area contributed by atoms with Crippen LogP contribution in [0.3, 0.4) is 0 Å². The number of pyridine rings is 1. The lowest BCUT2D eigenvalue weighted by atomic mass is 10.1. The fourth-order valence-electron chi connectivity index (χ4n) is 2.80. The van der Waals surface area contributed by atoms with Gasteiger partial charge in [0.1, 0.15) is 5.82 Å². The van der Waals surface area contributed by atoms with Gasteiger partial charge in [-0.15, -0.1) is 0 Å². The Morgan fingerprint density at radius 3 is 2.43 bits per heavy atom. The first kappa shape index (κ1) is 15.8. The molecule has 1 saturated carbocycles. The molecule has 1 aliphatic rings. The van der Waals surface area contributed by atoms with Gasteiger partial charge in [-0.25, -0.2) is 4.98 Å². The zero-order valence-corrected chi connectivity index (χ0v) is 13.4. The van der Waals surface area contributed by atoms with E-state index in [0.717, 1.165) is 24.4 Å². The molecule has 0 radical (unpaired) electrons. The predicted molar refractivity (Wildman–Crippen MR) is 86.8 cm³/mol. The van der Waals surface area contributed by atoms with Crippen molar-refractivity contribution in [1.29, 1.82) is 0 Å². The Bertz CT molecular complexity index is 477. The lowest BCUT2D eigenvalue weighted by Gasteiger charge is -2.17. The van der Waals surface area contributed by atoms with Gasteiger partial charge in [0.25, 0.3) is 5.91 Å². The molecule has 1 fully saturated rings. The van der Waals surface area contributed by atoms with Gasteiger partial charge in [-0.1, -0.05) is 39.5 Å². The van der Waals surface area contributed by atoms with E-state index in [1.165, 1.54) is 25.7 Å². The number of hydrogen-bond donors (Lipinski definition) is 2. The molecule has 0 unspecified atom stereocenters. The molecule has 0 spiro atoms. The average molecular weight is 289 g/mol. The second kappa shape index (κ2) is 7.43. The number of hydrogen-bond acceptors (Lipinski definition) is 3. The van der Waals surface area contributed by atoms with Crippen LogP contribution in [0.4, 0.5) is 5.82 Å². The highest BCUT2D eigenvalue weighted by atomic mass is 16.1. The van der Waals surface area contributed by atoms with Crippen molar-refractivity contribution >= 4 is 11.7 Å². The predicted octanol–water partition coefficient (Wildman–Crippen LogP) is 3.70. The molecule has 0 atom stereocenters. The Kier molecular flexibility index (Phi) is 5.59. The van der Waals surface area contributed by atoms with Crippen LogP contribution in [0.2, 0.25) is 0 Å². The summed E-state index contributed by atoms with van der Waals surface area (Å²) in [5, 5.41) is 6.24. The number of nitrogens with one attached hydrogen (secondary N) is 2. The third-order valence-corrected chi connectivity index (χ3v) is 4.15. The van der Waals surface area contributed by atoms with Gasteiger partial charge >= 0.3 is 0 Å². The lowest BCUT2D eigenvalue weighted by Crippen LogP contribution is -2.34. The van der Waals surface area contributed by atoms with Crippen LogP contribution < -0.4 is 10.6 Å². The number of amides is 1. The summed E-state index contributed by atoms with van der Waals surface area (Å²) in [5.74, 6) is 1.10. The van der Waals surface area contributed by atoms with E-state index >= 15 is 0 Å². The number of carbonyl (C=O) groups excluding carboxylic acids is 1. The minimum Gasteiger partial charge on any atom is -0.373 e. The van der Waals surface area contributed by atoms with E-state index in [0.29, 0.717) is 17.5 Å². The van der Waals surface area contributed by atoms with Crippen molar-refractivity contribution in [2.24, 2.45) is 0 Å². The van der Waals surface area contributed by atoms with Gasteiger partial charge in [0, 0.05) is 24.3 Å². The summed E-state index contributed by atoms with van der Waals surface area (Å²) >= 11 is 0. The summed E-state index contributed by atoms with van der Waals surface area (Å²) in [4.78, 5) is 17.0. The summed E-state index contributed by atoms with van der Waals surface area (Å²) < 4.78 is 0. The molecule has 2 rings (SSSR count). The molecule has 1 aliphatic carbocycles. The van der Waals surface area contributed by atoms with Crippen molar-refractivity contribution in [3.05, 3.63) is 23.4 Å². The topological polar surface area (TPSA) is 54.0 Å². The zero-order chi connectivity index (χ0) is 15.2. The van der Waals surface area contributed by atoms with Crippen LogP contribution in [0.25, 0.3) is 0 Å². The molecule has 1 aromatic heterocycles. The van der Waals surface area contributed by atoms with Crippen molar-refractivity contribution in [2.75, 3.05) is 12.4 Å². The fourth-order valence-corrected chi connectivity index (χ4v) is 2.80. The number of rotatable bonds is 4. The first-order valence-electron chi connectivity index (χ1n) is 8.10. The molecule has 1 heterocycles. The van der Waals surface area contributed by atoms with Crippen molar-refractivity contribution in [3.8, 4) is 0 Å². The Balaban J connectivity index is 2.11. The molecule has 0 bridgehead atoms. The second-order valence-electron chi connectivity index (χ2n) is 6.23. The van der Waals surface area contributed by atoms with Crippen LogP contribution >= 0.6 is 0 Å². The Hall–Kier alpha value is -1.58. The van der Waals surface area contributed by atoms with E-state index < -0.39 is 0 Å². The highest BCUT2D eigenvalue weighted by molar-refractivity contribution is 5.95. The van der Waals surface area contributed by atoms with Gasteiger partial charge in [0.05, 0.1) is 0 Å². The number of nitrogens with zero attached hydrogens (tertiary/aromatic N) is 1. The smallest absolute Gasteiger partial charge is 0.251 e. The van der Waals surface area contributed by atoms with Crippen molar-refractivity contribution in [3.63, 3.8) is 0 Å². The molecule has 2 N–H and O–H groups in total. The quantitative estimate of drug-likeness (QED) is 0.831. The van der Waals surface area contributed by atoms with Crippen LogP contribution in [0.15, 0.2) is 12.1 Å². The molecule has 4 nitrogen and oxygen atoms in total. The first-order valence-corrected chi connectivity index (χ1v) is 8.10. The van der Waals surface area contributed by atoms with Gasteiger partial charge in [-0.3, -0.25) is 4.79 Å². The van der Waals surface area contributed by atoms with Gasteiger partial charge in [-0.2, -0.15) is 0 Å². The molecule has 21 heavy (non-hydrogen) atoms. The molecule has 0 aromatic carbocycles. The van der Waals surface area contributed by atoms with Crippen LogP contribution in [0.1, 0.15) is 74.3 Å². The van der Waals surface area contributed by atoms with Gasteiger partial charge in [-0.05, 0) is 30.9 Å². The van der Waals surface area contributed by atoms with Crippen LogP contribution in [-0.4, -0.2) is 24.0 Å². The highest BCUT2D eigenvalue weighted by Crippen LogP contribution is 2.20. The van der Waals surface area contributed by atoms with E-state index in [9.17, 15) is 4.79 Å². The fraction of sp³-hybridized carbons (Fsp3) is 0.647. The zero-order valence-electron chi connectivity index (χ0n) is 13.4. The van der Waals surface area contributed by atoms with Gasteiger partial charge < -0.3 is 10.6 Å². The largest absolute Gasteiger partial charge is 0.373 e. The Morgan fingerprint density at radius 1 is 1.19 bits per heavy atom. The Labute approximate surface area is 127 Å². The molecule has 1 amide bonds. The summed E-state index contributed by atoms with van der Waals surface area (Å²) in [6.45, 7) is 4.18. The number of carbonyl (C=O) groups is 1. The van der Waals surface area contributed by atoms with Crippen LogP contribution in [0, 0.1) is 0 Å². The highest BCUT2D eigenvalue weighted by Gasteiger charge is 2.17. The van der Waals surface area contributed by atoms with Gasteiger partial charge in [0.15, 0.2) is 0 Å². The maximum absolute atomic E-state index is 12.5. The standard InChI is InChI=1S/C17H27N3O/c1-12(2)15-10-13(11-16(18-3)20-15)17(21)19-14-8-6-4-5-7-9-14/h10-12,14H,4-9H2,1-3H3,(H,18,20)(H,19,21). The van der Waals surface area contributed by atoms with Crippen LogP contribution in [0.5, 0.6) is 0 Å². The lowest BCUT2D eigenvalue weighted by molar-refractivity contribution is 0.0933. The van der Waals surface area contributed by atoms with E-state index in [1.807, 2.05) is 19.2 Å². The maximum Gasteiger partial charge on any atom is 0.251 e. The van der Waals surface area contributed by atoms with E-state index in [2.05, 4.69) is 29.5 Å². The molecule has 0 aliphatic heterocycles. The molecular formula is C17H27N3O. The summed E-state index contributed by atoms with van der Waals surface area (Å²) in [7, 11) is 1.83. The van der Waals surface area contributed by atoms with E-state index in [4.69, 9.17) is 0 Å². The van der Waals surface area contributed by atoms with Crippen molar-refractivity contribution in [2.45, 2.75) is 64.3 Å². The molecule has 116 valence electrons. The van der Waals surface area contributed by atoms with Crippen LogP contribution in [-0.2, 0) is 0 Å². The van der Waals surface area contributed by atoms with Crippen molar-refractivity contribution in [1.82, 2.24) is 10.3 Å². The molecule has 4 heteroatoms. The third kappa shape index (κ3) is 4.45. The van der Waals surface area contributed by atoms with E-state index in [1.54, 1.807) is 0 Å². The minimum absolute atomic E-state index is 0.0303. The van der Waals surface area contributed by atoms with Gasteiger partial charge in [0.2, 0.25) is 0 Å².